The van der Waals surface area contributed by atoms with Gasteiger partial charge in [-0.15, -0.1) is 0 Å². The van der Waals surface area contributed by atoms with Gasteiger partial charge in [0.25, 0.3) is 0 Å². The Labute approximate surface area is 114 Å². The van der Waals surface area contributed by atoms with E-state index < -0.39 is 0 Å². The second kappa shape index (κ2) is 5.53. The van der Waals surface area contributed by atoms with Crippen molar-refractivity contribution in [2.24, 2.45) is 12.8 Å². The van der Waals surface area contributed by atoms with Gasteiger partial charge in [-0.2, -0.15) is 16.9 Å². The summed E-state index contributed by atoms with van der Waals surface area (Å²) in [6.45, 7) is 7.55. The van der Waals surface area contributed by atoms with Crippen molar-refractivity contribution in [3.05, 3.63) is 11.3 Å². The van der Waals surface area contributed by atoms with Gasteiger partial charge in [0.2, 0.25) is 0 Å². The van der Waals surface area contributed by atoms with Crippen LogP contribution < -0.4 is 10.6 Å². The molecule has 0 bridgehead atoms. The highest BCUT2D eigenvalue weighted by Crippen LogP contribution is 2.29. The highest BCUT2D eigenvalue weighted by Gasteiger charge is 2.25. The van der Waals surface area contributed by atoms with Gasteiger partial charge in [-0.05, 0) is 27.2 Å². The molecule has 1 aliphatic rings. The van der Waals surface area contributed by atoms with Crippen LogP contribution in [0.3, 0.4) is 0 Å². The van der Waals surface area contributed by atoms with Crippen LogP contribution in [0.5, 0.6) is 0 Å². The van der Waals surface area contributed by atoms with Crippen LogP contribution in [0.15, 0.2) is 0 Å². The summed E-state index contributed by atoms with van der Waals surface area (Å²) in [5, 5.41) is 4.59. The molecule has 0 aromatic carbocycles. The van der Waals surface area contributed by atoms with Crippen LogP contribution in [0.4, 0.5) is 5.82 Å². The Balaban J connectivity index is 2.35. The average Bonchev–Trinajstić information content (AvgIpc) is 2.55. The maximum Gasteiger partial charge on any atom is 0.130 e. The zero-order valence-corrected chi connectivity index (χ0v) is 12.6. The second-order valence-electron chi connectivity index (χ2n) is 5.31. The summed E-state index contributed by atoms with van der Waals surface area (Å²) in [6, 6.07) is 0.756. The predicted octanol–water partition coefficient (Wildman–Crippen LogP) is 1.56. The Morgan fingerprint density at radius 2 is 2.28 bits per heavy atom. The van der Waals surface area contributed by atoms with Crippen LogP contribution in [0.1, 0.15) is 25.1 Å². The Bertz CT molecular complexity index is 413. The first-order valence-corrected chi connectivity index (χ1v) is 7.78. The van der Waals surface area contributed by atoms with Crippen molar-refractivity contribution >= 4 is 17.6 Å². The third-order valence-electron chi connectivity index (χ3n) is 3.48. The van der Waals surface area contributed by atoms with E-state index in [0.29, 0.717) is 6.04 Å². The van der Waals surface area contributed by atoms with E-state index in [0.717, 1.165) is 18.7 Å². The van der Waals surface area contributed by atoms with Crippen molar-refractivity contribution in [1.29, 1.82) is 0 Å². The SMILES string of the molecule is Cc1nn(C)c(N2CCSCC2C)c1CC(C)N. The third kappa shape index (κ3) is 2.67. The third-order valence-corrected chi connectivity index (χ3v) is 4.67. The molecule has 1 fully saturated rings. The van der Waals surface area contributed by atoms with Gasteiger partial charge in [0, 0.05) is 42.7 Å². The lowest BCUT2D eigenvalue weighted by Crippen LogP contribution is -2.42. The number of thioether (sulfide) groups is 1. The van der Waals surface area contributed by atoms with Crippen LogP contribution in [-0.2, 0) is 13.5 Å². The highest BCUT2D eigenvalue weighted by atomic mass is 32.2. The summed E-state index contributed by atoms with van der Waals surface area (Å²) in [5.41, 5.74) is 8.42. The number of aryl methyl sites for hydroxylation is 2. The molecule has 1 aromatic rings. The van der Waals surface area contributed by atoms with Crippen molar-refractivity contribution in [2.75, 3.05) is 23.0 Å². The molecule has 4 nitrogen and oxygen atoms in total. The molecule has 2 rings (SSSR count). The van der Waals surface area contributed by atoms with Crippen molar-refractivity contribution in [1.82, 2.24) is 9.78 Å². The van der Waals surface area contributed by atoms with Crippen LogP contribution in [0.2, 0.25) is 0 Å². The monoisotopic (exact) mass is 268 g/mol. The second-order valence-corrected chi connectivity index (χ2v) is 6.46. The van der Waals surface area contributed by atoms with Gasteiger partial charge in [-0.1, -0.05) is 0 Å². The number of hydrogen-bond acceptors (Lipinski definition) is 4. The minimum Gasteiger partial charge on any atom is -0.352 e. The number of anilines is 1. The summed E-state index contributed by atoms with van der Waals surface area (Å²) in [7, 11) is 2.04. The fourth-order valence-corrected chi connectivity index (χ4v) is 3.67. The summed E-state index contributed by atoms with van der Waals surface area (Å²) in [4.78, 5) is 2.49. The van der Waals surface area contributed by atoms with Crippen molar-refractivity contribution < 1.29 is 0 Å². The maximum atomic E-state index is 5.98. The molecule has 0 radical (unpaired) electrons. The number of rotatable bonds is 3. The lowest BCUT2D eigenvalue weighted by atomic mass is 10.1. The molecule has 102 valence electrons. The van der Waals surface area contributed by atoms with Gasteiger partial charge >= 0.3 is 0 Å². The molecule has 0 aliphatic carbocycles. The van der Waals surface area contributed by atoms with Gasteiger partial charge in [-0.25, -0.2) is 0 Å². The van der Waals surface area contributed by atoms with E-state index in [2.05, 4.69) is 30.8 Å². The highest BCUT2D eigenvalue weighted by molar-refractivity contribution is 7.99. The zero-order chi connectivity index (χ0) is 13.3. The van der Waals surface area contributed by atoms with Crippen molar-refractivity contribution in [2.45, 2.75) is 39.3 Å². The first kappa shape index (κ1) is 13.7. The minimum absolute atomic E-state index is 0.182. The summed E-state index contributed by atoms with van der Waals surface area (Å²) >= 11 is 2.04. The maximum absolute atomic E-state index is 5.98. The fraction of sp³-hybridized carbons (Fsp3) is 0.769. The Kier molecular flexibility index (Phi) is 4.22. The lowest BCUT2D eigenvalue weighted by molar-refractivity contribution is 0.641. The topological polar surface area (TPSA) is 47.1 Å². The van der Waals surface area contributed by atoms with E-state index in [4.69, 9.17) is 5.73 Å². The quantitative estimate of drug-likeness (QED) is 0.904. The molecule has 5 heteroatoms. The molecule has 1 aromatic heterocycles. The fourth-order valence-electron chi connectivity index (χ4n) is 2.65. The molecular formula is C13H24N4S. The molecule has 2 unspecified atom stereocenters. The van der Waals surface area contributed by atoms with Gasteiger partial charge in [0.1, 0.15) is 5.82 Å². The lowest BCUT2D eigenvalue weighted by Gasteiger charge is -2.35. The molecule has 2 heterocycles. The van der Waals surface area contributed by atoms with E-state index in [1.165, 1.54) is 22.9 Å². The first-order valence-electron chi connectivity index (χ1n) is 6.63. The Hall–Kier alpha value is -0.680. The van der Waals surface area contributed by atoms with Crippen molar-refractivity contribution in [3.63, 3.8) is 0 Å². The van der Waals surface area contributed by atoms with E-state index in [-0.39, 0.29) is 6.04 Å². The summed E-state index contributed by atoms with van der Waals surface area (Å²) in [5.74, 6) is 3.67. The number of nitrogens with two attached hydrogens (primary N) is 1. The van der Waals surface area contributed by atoms with Gasteiger partial charge in [-0.3, -0.25) is 4.68 Å². The number of hydrogen-bond donors (Lipinski definition) is 1. The molecule has 1 saturated heterocycles. The largest absolute Gasteiger partial charge is 0.352 e. The molecular weight excluding hydrogens is 244 g/mol. The van der Waals surface area contributed by atoms with Crippen LogP contribution >= 0.6 is 11.8 Å². The molecule has 0 spiro atoms. The Morgan fingerprint density at radius 1 is 1.56 bits per heavy atom. The zero-order valence-electron chi connectivity index (χ0n) is 11.8. The van der Waals surface area contributed by atoms with Crippen molar-refractivity contribution in [3.8, 4) is 0 Å². The number of nitrogens with zero attached hydrogens (tertiary/aromatic N) is 3. The van der Waals surface area contributed by atoms with Gasteiger partial charge in [0.15, 0.2) is 0 Å². The van der Waals surface area contributed by atoms with E-state index in [1.807, 2.05) is 23.5 Å². The van der Waals surface area contributed by atoms with Crippen LogP contribution in [0.25, 0.3) is 0 Å². The summed E-state index contributed by atoms with van der Waals surface area (Å²) in [6.07, 6.45) is 0.908. The minimum atomic E-state index is 0.182. The molecule has 0 saturated carbocycles. The normalized spacial score (nSPS) is 22.3. The molecule has 18 heavy (non-hydrogen) atoms. The average molecular weight is 268 g/mol. The van der Waals surface area contributed by atoms with Crippen LogP contribution in [-0.4, -0.2) is 39.9 Å². The molecule has 2 N–H and O–H groups in total. The Morgan fingerprint density at radius 3 is 2.89 bits per heavy atom. The molecule has 0 amide bonds. The molecule has 1 aliphatic heterocycles. The number of aromatic nitrogens is 2. The smallest absolute Gasteiger partial charge is 0.130 e. The molecule has 2 atom stereocenters. The van der Waals surface area contributed by atoms with Gasteiger partial charge in [0.05, 0.1) is 5.69 Å². The van der Waals surface area contributed by atoms with E-state index in [9.17, 15) is 0 Å². The van der Waals surface area contributed by atoms with Crippen LogP contribution in [0, 0.1) is 6.92 Å². The van der Waals surface area contributed by atoms with Gasteiger partial charge < -0.3 is 10.6 Å². The standard InChI is InChI=1S/C13H24N4S/c1-9(14)7-12-11(3)15-16(4)13(12)17-5-6-18-8-10(17)2/h9-10H,5-8,14H2,1-4H3. The predicted molar refractivity (Wildman–Crippen MR) is 79.4 cm³/mol. The van der Waals surface area contributed by atoms with E-state index >= 15 is 0 Å². The first-order chi connectivity index (χ1) is 8.50. The van der Waals surface area contributed by atoms with E-state index in [1.54, 1.807) is 0 Å². The summed E-state index contributed by atoms with van der Waals surface area (Å²) < 4.78 is 2.03.